The van der Waals surface area contributed by atoms with E-state index in [9.17, 15) is 5.11 Å². The van der Waals surface area contributed by atoms with Crippen LogP contribution in [0.1, 0.15) is 25.0 Å². The monoisotopic (exact) mass is 300 g/mol. The first kappa shape index (κ1) is 14.4. The summed E-state index contributed by atoms with van der Waals surface area (Å²) in [6.07, 6.45) is 2.72. The summed E-state index contributed by atoms with van der Waals surface area (Å²) >= 11 is 1.74. The van der Waals surface area contributed by atoms with Gasteiger partial charge in [-0.2, -0.15) is 0 Å². The highest BCUT2D eigenvalue weighted by Gasteiger charge is 2.41. The second kappa shape index (κ2) is 5.35. The summed E-state index contributed by atoms with van der Waals surface area (Å²) < 4.78 is 0. The van der Waals surface area contributed by atoms with Gasteiger partial charge in [0.2, 0.25) is 0 Å². The lowest BCUT2D eigenvalue weighted by atomic mass is 9.69. The summed E-state index contributed by atoms with van der Waals surface area (Å²) in [7, 11) is 0. The number of nitrogens with zero attached hydrogens (tertiary/aromatic N) is 1. The predicted octanol–water partition coefficient (Wildman–Crippen LogP) is 3.11. The zero-order chi connectivity index (χ0) is 15.0. The summed E-state index contributed by atoms with van der Waals surface area (Å²) in [5, 5.41) is 11.0. The Bertz CT molecular complexity index is 642. The van der Waals surface area contributed by atoms with E-state index in [1.165, 1.54) is 5.56 Å². The SMILES string of the molecule is CC1(C)c2cc(O)ccc2C[C@@H](Sc2ccccn2)[C@@H]1N. The summed E-state index contributed by atoms with van der Waals surface area (Å²) in [6, 6.07) is 11.6. The number of aromatic hydroxyl groups is 1. The van der Waals surface area contributed by atoms with Crippen LogP contribution in [0.25, 0.3) is 0 Å². The lowest BCUT2D eigenvalue weighted by Gasteiger charge is -2.43. The molecule has 1 aromatic heterocycles. The molecule has 2 aromatic rings. The molecule has 3 nitrogen and oxygen atoms in total. The standard InChI is InChI=1S/C17H20N2OS/c1-17(2)13-10-12(20)7-6-11(13)9-14(16(17)18)21-15-5-3-4-8-19-15/h3-8,10,14,16,20H,9,18H2,1-2H3/t14-,16+/m1/s1. The lowest BCUT2D eigenvalue weighted by Crippen LogP contribution is -2.52. The van der Waals surface area contributed by atoms with E-state index >= 15 is 0 Å². The number of fused-ring (bicyclic) bond motifs is 1. The molecule has 3 rings (SSSR count). The van der Waals surface area contributed by atoms with Crippen LogP contribution in [-0.2, 0) is 11.8 Å². The van der Waals surface area contributed by atoms with Crippen molar-refractivity contribution in [1.29, 1.82) is 0 Å². The molecule has 0 spiro atoms. The average molecular weight is 300 g/mol. The van der Waals surface area contributed by atoms with Gasteiger partial charge >= 0.3 is 0 Å². The van der Waals surface area contributed by atoms with Gasteiger partial charge in [-0.1, -0.05) is 26.0 Å². The van der Waals surface area contributed by atoms with E-state index in [-0.39, 0.29) is 16.7 Å². The molecule has 0 unspecified atom stereocenters. The Kier molecular flexibility index (Phi) is 3.68. The quantitative estimate of drug-likeness (QED) is 0.894. The van der Waals surface area contributed by atoms with Crippen LogP contribution in [0, 0.1) is 0 Å². The van der Waals surface area contributed by atoms with Gasteiger partial charge in [-0.15, -0.1) is 11.8 Å². The van der Waals surface area contributed by atoms with Crippen LogP contribution in [0.2, 0.25) is 0 Å². The summed E-state index contributed by atoms with van der Waals surface area (Å²) in [6.45, 7) is 4.31. The highest BCUT2D eigenvalue weighted by molar-refractivity contribution is 7.99. The fourth-order valence-electron chi connectivity index (χ4n) is 3.02. The number of benzene rings is 1. The molecule has 3 N–H and O–H groups in total. The van der Waals surface area contributed by atoms with Gasteiger partial charge in [0.15, 0.2) is 0 Å². The third-order valence-corrected chi connectivity index (χ3v) is 5.60. The van der Waals surface area contributed by atoms with Crippen LogP contribution in [0.5, 0.6) is 5.75 Å². The normalized spacial score (nSPS) is 23.6. The number of thioether (sulfide) groups is 1. The Balaban J connectivity index is 1.94. The largest absolute Gasteiger partial charge is 0.508 e. The number of phenolic OH excluding ortho intramolecular Hbond substituents is 1. The maximum absolute atomic E-state index is 9.75. The molecule has 0 radical (unpaired) electrons. The number of hydrogen-bond acceptors (Lipinski definition) is 4. The molecule has 21 heavy (non-hydrogen) atoms. The van der Waals surface area contributed by atoms with Gasteiger partial charge in [-0.05, 0) is 41.8 Å². The van der Waals surface area contributed by atoms with Crippen LogP contribution in [0.4, 0.5) is 0 Å². The van der Waals surface area contributed by atoms with E-state index in [4.69, 9.17) is 5.73 Å². The van der Waals surface area contributed by atoms with Crippen LogP contribution in [0.15, 0.2) is 47.6 Å². The molecule has 0 amide bonds. The average Bonchev–Trinajstić information content (AvgIpc) is 2.47. The Labute approximate surface area is 129 Å². The van der Waals surface area contributed by atoms with Gasteiger partial charge in [-0.25, -0.2) is 4.98 Å². The van der Waals surface area contributed by atoms with Gasteiger partial charge in [0.05, 0.1) is 5.03 Å². The number of hydrogen-bond donors (Lipinski definition) is 2. The molecule has 0 bridgehead atoms. The maximum Gasteiger partial charge on any atom is 0.115 e. The van der Waals surface area contributed by atoms with Crippen molar-refractivity contribution in [2.24, 2.45) is 5.73 Å². The summed E-state index contributed by atoms with van der Waals surface area (Å²) in [5.74, 6) is 0.310. The maximum atomic E-state index is 9.75. The fraction of sp³-hybridized carbons (Fsp3) is 0.353. The molecule has 1 heterocycles. The number of rotatable bonds is 2. The first-order valence-electron chi connectivity index (χ1n) is 7.14. The third-order valence-electron chi connectivity index (χ3n) is 4.35. The molecule has 0 saturated carbocycles. The van der Waals surface area contributed by atoms with E-state index in [0.29, 0.717) is 5.75 Å². The number of nitrogens with two attached hydrogens (primary N) is 1. The van der Waals surface area contributed by atoms with Crippen molar-refractivity contribution in [1.82, 2.24) is 4.98 Å². The summed E-state index contributed by atoms with van der Waals surface area (Å²) in [4.78, 5) is 4.39. The van der Waals surface area contributed by atoms with Crippen LogP contribution in [-0.4, -0.2) is 21.4 Å². The van der Waals surface area contributed by atoms with Crippen molar-refractivity contribution >= 4 is 11.8 Å². The smallest absolute Gasteiger partial charge is 0.115 e. The second-order valence-corrected chi connectivity index (χ2v) is 7.38. The molecular weight excluding hydrogens is 280 g/mol. The first-order chi connectivity index (χ1) is 9.98. The molecule has 0 fully saturated rings. The highest BCUT2D eigenvalue weighted by atomic mass is 32.2. The minimum absolute atomic E-state index is 0.0128. The molecule has 4 heteroatoms. The molecule has 1 aliphatic rings. The Hall–Kier alpha value is -1.52. The summed E-state index contributed by atoms with van der Waals surface area (Å²) in [5.41, 5.74) is 8.80. The van der Waals surface area contributed by atoms with Gasteiger partial charge in [0, 0.05) is 22.9 Å². The van der Waals surface area contributed by atoms with E-state index < -0.39 is 0 Å². The number of pyridine rings is 1. The Morgan fingerprint density at radius 3 is 2.81 bits per heavy atom. The van der Waals surface area contributed by atoms with Crippen molar-refractivity contribution in [3.8, 4) is 5.75 Å². The zero-order valence-corrected chi connectivity index (χ0v) is 13.1. The third kappa shape index (κ3) is 2.65. The lowest BCUT2D eigenvalue weighted by molar-refractivity contribution is 0.369. The van der Waals surface area contributed by atoms with E-state index in [1.807, 2.05) is 36.5 Å². The fourth-order valence-corrected chi connectivity index (χ4v) is 4.36. The zero-order valence-electron chi connectivity index (χ0n) is 12.3. The minimum Gasteiger partial charge on any atom is -0.508 e. The van der Waals surface area contributed by atoms with Crippen LogP contribution >= 0.6 is 11.8 Å². The van der Waals surface area contributed by atoms with Crippen molar-refractivity contribution in [2.75, 3.05) is 0 Å². The molecule has 1 aromatic carbocycles. The minimum atomic E-state index is -0.168. The predicted molar refractivity (Wildman–Crippen MR) is 86.7 cm³/mol. The Morgan fingerprint density at radius 1 is 1.29 bits per heavy atom. The van der Waals surface area contributed by atoms with Crippen LogP contribution in [0.3, 0.4) is 0 Å². The number of aromatic nitrogens is 1. The highest BCUT2D eigenvalue weighted by Crippen LogP contribution is 2.42. The van der Waals surface area contributed by atoms with Crippen LogP contribution < -0.4 is 5.73 Å². The Morgan fingerprint density at radius 2 is 2.10 bits per heavy atom. The van der Waals surface area contributed by atoms with Crippen molar-refractivity contribution in [3.63, 3.8) is 0 Å². The van der Waals surface area contributed by atoms with Crippen molar-refractivity contribution < 1.29 is 5.11 Å². The van der Waals surface area contributed by atoms with E-state index in [0.717, 1.165) is 17.0 Å². The van der Waals surface area contributed by atoms with Gasteiger partial charge in [0.25, 0.3) is 0 Å². The molecular formula is C17H20N2OS. The second-order valence-electron chi connectivity index (χ2n) is 6.12. The molecule has 0 aliphatic heterocycles. The van der Waals surface area contributed by atoms with Gasteiger partial charge < -0.3 is 10.8 Å². The van der Waals surface area contributed by atoms with Crippen molar-refractivity contribution in [3.05, 3.63) is 53.7 Å². The number of phenols is 1. The topological polar surface area (TPSA) is 59.1 Å². The molecule has 1 aliphatic carbocycles. The first-order valence-corrected chi connectivity index (χ1v) is 8.02. The van der Waals surface area contributed by atoms with E-state index in [2.05, 4.69) is 18.8 Å². The molecule has 110 valence electrons. The molecule has 2 atom stereocenters. The molecule has 0 saturated heterocycles. The van der Waals surface area contributed by atoms with E-state index in [1.54, 1.807) is 17.8 Å². The van der Waals surface area contributed by atoms with Gasteiger partial charge in [0.1, 0.15) is 5.75 Å². The van der Waals surface area contributed by atoms with Crippen molar-refractivity contribution in [2.45, 2.75) is 42.0 Å². The van der Waals surface area contributed by atoms with Gasteiger partial charge in [-0.3, -0.25) is 0 Å².